The Kier molecular flexibility index (Phi) is 5.42. The van der Waals surface area contributed by atoms with Crippen LogP contribution in [0.4, 0.5) is 0 Å². The molecule has 1 aliphatic rings. The Morgan fingerprint density at radius 2 is 1.82 bits per heavy atom. The minimum absolute atomic E-state index is 0.391. The largest absolute Gasteiger partial charge is 0.143 e. The fraction of sp³-hybridized carbons (Fsp3) is 0.846. The molecule has 0 amide bonds. The van der Waals surface area contributed by atoms with Gasteiger partial charge in [-0.25, -0.2) is 0 Å². The molecule has 2 nitrogen and oxygen atoms in total. The smallest absolute Gasteiger partial charge is 0.131 e. The summed E-state index contributed by atoms with van der Waals surface area (Å²) in [7, 11) is 0. The summed E-state index contributed by atoms with van der Waals surface area (Å²) in [4.78, 5) is 0.391. The molecule has 96 valence electrons. The van der Waals surface area contributed by atoms with E-state index in [4.69, 9.17) is 0 Å². The molecule has 0 saturated heterocycles. The first kappa shape index (κ1) is 13.5. The number of aromatic nitrogens is 2. The molecule has 1 fully saturated rings. The van der Waals surface area contributed by atoms with Gasteiger partial charge in [0.05, 0.1) is 4.83 Å². The second-order valence-corrected chi connectivity index (χ2v) is 7.04. The number of hydrogen-bond acceptors (Lipinski definition) is 3. The van der Waals surface area contributed by atoms with Crippen molar-refractivity contribution in [2.24, 2.45) is 0 Å². The molecule has 1 saturated carbocycles. The van der Waals surface area contributed by atoms with E-state index in [-0.39, 0.29) is 0 Å². The van der Waals surface area contributed by atoms with Crippen LogP contribution in [0.5, 0.6) is 0 Å². The van der Waals surface area contributed by atoms with Crippen LogP contribution in [0.25, 0.3) is 0 Å². The lowest BCUT2D eigenvalue weighted by atomic mass is 9.92. The van der Waals surface area contributed by atoms with Crippen LogP contribution < -0.4 is 0 Å². The molecule has 0 aromatic carbocycles. The van der Waals surface area contributed by atoms with E-state index in [1.165, 1.54) is 50.0 Å². The number of rotatable bonds is 3. The lowest BCUT2D eigenvalue weighted by Gasteiger charge is -2.16. The summed E-state index contributed by atoms with van der Waals surface area (Å²) in [6, 6.07) is 0. The zero-order valence-electron chi connectivity index (χ0n) is 10.5. The maximum absolute atomic E-state index is 4.42. The predicted octanol–water partition coefficient (Wildman–Crippen LogP) is 5.21. The van der Waals surface area contributed by atoms with Crippen LogP contribution in [0.3, 0.4) is 0 Å². The van der Waals surface area contributed by atoms with Gasteiger partial charge in [0.15, 0.2) is 0 Å². The molecule has 0 aliphatic heterocycles. The Morgan fingerprint density at radius 1 is 1.18 bits per heavy atom. The lowest BCUT2D eigenvalue weighted by Crippen LogP contribution is -2.01. The highest BCUT2D eigenvalue weighted by Gasteiger charge is 2.19. The van der Waals surface area contributed by atoms with Gasteiger partial charge in [-0.05, 0) is 19.3 Å². The molecule has 0 radical (unpaired) electrons. The first-order valence-electron chi connectivity index (χ1n) is 6.78. The van der Waals surface area contributed by atoms with E-state index in [9.17, 15) is 0 Å². The molecule has 17 heavy (non-hydrogen) atoms. The molecule has 4 heteroatoms. The van der Waals surface area contributed by atoms with E-state index < -0.39 is 0 Å². The Bertz CT molecular complexity index is 332. The molecule has 1 heterocycles. The van der Waals surface area contributed by atoms with Gasteiger partial charge in [-0.15, -0.1) is 21.5 Å². The van der Waals surface area contributed by atoms with Crippen LogP contribution in [0, 0.1) is 0 Å². The van der Waals surface area contributed by atoms with E-state index in [0.717, 1.165) is 11.4 Å². The first-order valence-corrected chi connectivity index (χ1v) is 8.52. The van der Waals surface area contributed by atoms with Gasteiger partial charge in [0, 0.05) is 5.92 Å². The SMILES string of the molecule is CCC(Br)c1nnc(C2CCCCCCC2)s1. The Labute approximate surface area is 116 Å². The Hall–Kier alpha value is 0.0400. The summed E-state index contributed by atoms with van der Waals surface area (Å²) in [6.45, 7) is 2.18. The third-order valence-electron chi connectivity index (χ3n) is 3.54. The number of halogens is 1. The van der Waals surface area contributed by atoms with E-state index in [0.29, 0.717) is 10.7 Å². The average Bonchev–Trinajstić information content (AvgIpc) is 2.77. The van der Waals surface area contributed by atoms with Crippen molar-refractivity contribution in [1.82, 2.24) is 10.2 Å². The lowest BCUT2D eigenvalue weighted by molar-refractivity contribution is 0.453. The summed E-state index contributed by atoms with van der Waals surface area (Å²) in [6.07, 6.45) is 10.7. The molecule has 1 aromatic heterocycles. The van der Waals surface area contributed by atoms with Crippen molar-refractivity contribution in [2.75, 3.05) is 0 Å². The van der Waals surface area contributed by atoms with Crippen LogP contribution in [0.15, 0.2) is 0 Å². The monoisotopic (exact) mass is 316 g/mol. The summed E-state index contributed by atoms with van der Waals surface area (Å²) in [5, 5.41) is 11.2. The van der Waals surface area contributed by atoms with Gasteiger partial charge in [0.1, 0.15) is 10.0 Å². The van der Waals surface area contributed by atoms with Gasteiger partial charge in [-0.3, -0.25) is 0 Å². The molecule has 2 rings (SSSR count). The van der Waals surface area contributed by atoms with E-state index >= 15 is 0 Å². The van der Waals surface area contributed by atoms with E-state index in [2.05, 4.69) is 33.1 Å². The fourth-order valence-corrected chi connectivity index (χ4v) is 3.86. The zero-order chi connectivity index (χ0) is 12.1. The zero-order valence-corrected chi connectivity index (χ0v) is 12.9. The topological polar surface area (TPSA) is 25.8 Å². The number of alkyl halides is 1. The third-order valence-corrected chi connectivity index (χ3v) is 6.12. The molecule has 1 unspecified atom stereocenters. The summed E-state index contributed by atoms with van der Waals surface area (Å²) in [5.74, 6) is 0.679. The maximum Gasteiger partial charge on any atom is 0.131 e. The predicted molar refractivity (Wildman–Crippen MR) is 76.9 cm³/mol. The number of hydrogen-bond donors (Lipinski definition) is 0. The minimum atomic E-state index is 0.391. The van der Waals surface area contributed by atoms with Crippen molar-refractivity contribution in [3.63, 3.8) is 0 Å². The van der Waals surface area contributed by atoms with Crippen molar-refractivity contribution < 1.29 is 0 Å². The maximum atomic E-state index is 4.42. The van der Waals surface area contributed by atoms with Crippen LogP contribution in [0.1, 0.15) is 79.1 Å². The molecule has 1 aliphatic carbocycles. The summed E-state index contributed by atoms with van der Waals surface area (Å²) < 4.78 is 0. The van der Waals surface area contributed by atoms with E-state index in [1.54, 1.807) is 0 Å². The molecular formula is C13H21BrN2S. The minimum Gasteiger partial charge on any atom is -0.143 e. The second-order valence-electron chi connectivity index (χ2n) is 4.90. The van der Waals surface area contributed by atoms with Gasteiger partial charge >= 0.3 is 0 Å². The average molecular weight is 317 g/mol. The standard InChI is InChI=1S/C13H21BrN2S/c1-2-11(14)13-16-15-12(17-13)10-8-6-4-3-5-7-9-10/h10-11H,2-9H2,1H3. The molecular weight excluding hydrogens is 296 g/mol. The Balaban J connectivity index is 2.01. The van der Waals surface area contributed by atoms with Crippen molar-refractivity contribution in [3.05, 3.63) is 10.0 Å². The number of nitrogens with zero attached hydrogens (tertiary/aromatic N) is 2. The highest BCUT2D eigenvalue weighted by Crippen LogP contribution is 2.36. The van der Waals surface area contributed by atoms with Crippen LogP contribution >= 0.6 is 27.3 Å². The molecule has 1 atom stereocenters. The van der Waals surface area contributed by atoms with Crippen LogP contribution in [-0.2, 0) is 0 Å². The van der Waals surface area contributed by atoms with Gasteiger partial charge in [-0.1, -0.05) is 55.0 Å². The molecule has 0 bridgehead atoms. The quantitative estimate of drug-likeness (QED) is 0.715. The van der Waals surface area contributed by atoms with Crippen LogP contribution in [-0.4, -0.2) is 10.2 Å². The van der Waals surface area contributed by atoms with Crippen molar-refractivity contribution in [2.45, 2.75) is 69.0 Å². The van der Waals surface area contributed by atoms with Gasteiger partial charge < -0.3 is 0 Å². The third kappa shape index (κ3) is 3.75. The second kappa shape index (κ2) is 6.83. The fourth-order valence-electron chi connectivity index (χ4n) is 2.42. The highest BCUT2D eigenvalue weighted by atomic mass is 79.9. The first-order chi connectivity index (χ1) is 8.31. The highest BCUT2D eigenvalue weighted by molar-refractivity contribution is 9.09. The Morgan fingerprint density at radius 3 is 2.47 bits per heavy atom. The van der Waals surface area contributed by atoms with Gasteiger partial charge in [-0.2, -0.15) is 0 Å². The van der Waals surface area contributed by atoms with E-state index in [1.807, 2.05) is 11.3 Å². The summed E-state index contributed by atoms with van der Waals surface area (Å²) in [5.41, 5.74) is 0. The molecule has 0 spiro atoms. The van der Waals surface area contributed by atoms with Crippen molar-refractivity contribution in [1.29, 1.82) is 0 Å². The van der Waals surface area contributed by atoms with Gasteiger partial charge in [0.25, 0.3) is 0 Å². The summed E-state index contributed by atoms with van der Waals surface area (Å²) >= 11 is 5.48. The normalized spacial score (nSPS) is 20.8. The van der Waals surface area contributed by atoms with Gasteiger partial charge in [0.2, 0.25) is 0 Å². The molecule has 0 N–H and O–H groups in total. The van der Waals surface area contributed by atoms with Crippen molar-refractivity contribution >= 4 is 27.3 Å². The van der Waals surface area contributed by atoms with Crippen molar-refractivity contribution in [3.8, 4) is 0 Å². The molecule has 1 aromatic rings. The van der Waals surface area contributed by atoms with Crippen LogP contribution in [0.2, 0.25) is 0 Å².